The molecule has 2 unspecified atom stereocenters. The minimum Gasteiger partial charge on any atom is -0.314 e. The molecule has 0 amide bonds. The maximum atomic E-state index is 4.12. The first-order valence-electron chi connectivity index (χ1n) is 7.90. The van der Waals surface area contributed by atoms with Gasteiger partial charge in [0.15, 0.2) is 0 Å². The molecule has 2 heteroatoms. The summed E-state index contributed by atoms with van der Waals surface area (Å²) < 4.78 is 0. The highest BCUT2D eigenvalue weighted by molar-refractivity contribution is 5.26. The maximum absolute atomic E-state index is 4.12. The van der Waals surface area contributed by atoms with Crippen LogP contribution in [0.15, 0.2) is 48.8 Å². The number of likely N-dealkylation sites (N-methyl/N-ethyl adjacent to an activating group) is 1. The molecule has 0 aliphatic rings. The molecular weight excluding hydrogens is 256 g/mol. The highest BCUT2D eigenvalue weighted by atomic mass is 14.9. The van der Waals surface area contributed by atoms with Gasteiger partial charge in [-0.3, -0.25) is 4.98 Å². The molecule has 2 nitrogen and oxygen atoms in total. The van der Waals surface area contributed by atoms with Crippen LogP contribution in [0.4, 0.5) is 0 Å². The molecular formula is C19H26N2. The molecule has 1 aromatic heterocycles. The van der Waals surface area contributed by atoms with Gasteiger partial charge in [-0.05, 0) is 61.1 Å². The van der Waals surface area contributed by atoms with E-state index < -0.39 is 0 Å². The lowest BCUT2D eigenvalue weighted by Gasteiger charge is -2.25. The van der Waals surface area contributed by atoms with Crippen LogP contribution >= 0.6 is 0 Å². The van der Waals surface area contributed by atoms with Crippen LogP contribution in [0, 0.1) is 6.92 Å². The predicted octanol–water partition coefficient (Wildman–Crippen LogP) is 4.10. The summed E-state index contributed by atoms with van der Waals surface area (Å²) in [5, 5.41) is 3.65. The Morgan fingerprint density at radius 2 is 1.81 bits per heavy atom. The highest BCUT2D eigenvalue weighted by Crippen LogP contribution is 2.22. The van der Waals surface area contributed by atoms with Crippen molar-refractivity contribution in [1.29, 1.82) is 0 Å². The van der Waals surface area contributed by atoms with E-state index >= 15 is 0 Å². The van der Waals surface area contributed by atoms with Gasteiger partial charge in [0.1, 0.15) is 0 Å². The van der Waals surface area contributed by atoms with Crippen molar-refractivity contribution < 1.29 is 0 Å². The molecule has 0 aliphatic heterocycles. The smallest absolute Gasteiger partial charge is 0.0270 e. The van der Waals surface area contributed by atoms with Crippen molar-refractivity contribution in [2.45, 2.75) is 45.6 Å². The Morgan fingerprint density at radius 1 is 1.10 bits per heavy atom. The first-order chi connectivity index (χ1) is 10.2. The number of aryl methyl sites for hydroxylation is 2. The second kappa shape index (κ2) is 7.94. The van der Waals surface area contributed by atoms with E-state index in [0.717, 1.165) is 19.4 Å². The van der Waals surface area contributed by atoms with Gasteiger partial charge in [-0.1, -0.05) is 38.1 Å². The van der Waals surface area contributed by atoms with Gasteiger partial charge in [-0.25, -0.2) is 0 Å². The number of hydrogen-bond donors (Lipinski definition) is 1. The lowest BCUT2D eigenvalue weighted by molar-refractivity contribution is 0.433. The van der Waals surface area contributed by atoms with Crippen molar-refractivity contribution >= 4 is 0 Å². The van der Waals surface area contributed by atoms with Crippen molar-refractivity contribution in [3.8, 4) is 0 Å². The van der Waals surface area contributed by atoms with E-state index in [9.17, 15) is 0 Å². The topological polar surface area (TPSA) is 24.9 Å². The Labute approximate surface area is 128 Å². The highest BCUT2D eigenvalue weighted by Gasteiger charge is 2.18. The molecule has 2 aromatic rings. The van der Waals surface area contributed by atoms with Crippen LogP contribution in [0.2, 0.25) is 0 Å². The van der Waals surface area contributed by atoms with E-state index in [2.05, 4.69) is 67.5 Å². The van der Waals surface area contributed by atoms with E-state index in [1.807, 2.05) is 12.4 Å². The van der Waals surface area contributed by atoms with Crippen molar-refractivity contribution in [1.82, 2.24) is 10.3 Å². The van der Waals surface area contributed by atoms with Gasteiger partial charge < -0.3 is 5.32 Å². The van der Waals surface area contributed by atoms with Gasteiger partial charge >= 0.3 is 0 Å². The number of hydrogen-bond acceptors (Lipinski definition) is 2. The standard InChI is InChI=1S/C19H26N2/c1-4-21-19(16(3)18-11-13-20-14-12-18)10-9-17-8-6-5-7-15(17)2/h5-8,11-14,16,19,21H,4,9-10H2,1-3H3. The monoisotopic (exact) mass is 282 g/mol. The van der Waals surface area contributed by atoms with Gasteiger partial charge in [0, 0.05) is 18.4 Å². The van der Waals surface area contributed by atoms with Crippen molar-refractivity contribution in [3.05, 3.63) is 65.5 Å². The summed E-state index contributed by atoms with van der Waals surface area (Å²) in [5.41, 5.74) is 4.22. The summed E-state index contributed by atoms with van der Waals surface area (Å²) >= 11 is 0. The van der Waals surface area contributed by atoms with Crippen LogP contribution in [0.3, 0.4) is 0 Å². The molecule has 0 radical (unpaired) electrons. The third-order valence-electron chi connectivity index (χ3n) is 4.29. The number of aromatic nitrogens is 1. The lowest BCUT2D eigenvalue weighted by atomic mass is 9.89. The molecule has 2 atom stereocenters. The van der Waals surface area contributed by atoms with Crippen molar-refractivity contribution in [3.63, 3.8) is 0 Å². The third kappa shape index (κ3) is 4.40. The molecule has 1 aromatic carbocycles. The molecule has 0 saturated heterocycles. The zero-order valence-electron chi connectivity index (χ0n) is 13.3. The molecule has 21 heavy (non-hydrogen) atoms. The van der Waals surface area contributed by atoms with Crippen molar-refractivity contribution in [2.75, 3.05) is 6.54 Å². The fourth-order valence-corrected chi connectivity index (χ4v) is 2.89. The second-order valence-corrected chi connectivity index (χ2v) is 5.70. The Kier molecular flexibility index (Phi) is 5.94. The Bertz CT molecular complexity index is 536. The van der Waals surface area contributed by atoms with Crippen LogP contribution in [0.1, 0.15) is 42.9 Å². The Morgan fingerprint density at radius 3 is 2.48 bits per heavy atom. The summed E-state index contributed by atoms with van der Waals surface area (Å²) in [6.45, 7) is 7.69. The van der Waals surface area contributed by atoms with Crippen LogP contribution in [-0.2, 0) is 6.42 Å². The van der Waals surface area contributed by atoms with Crippen LogP contribution < -0.4 is 5.32 Å². The summed E-state index contributed by atoms with van der Waals surface area (Å²) in [6, 6.07) is 13.4. The van der Waals surface area contributed by atoms with Gasteiger partial charge in [0.25, 0.3) is 0 Å². The summed E-state index contributed by atoms with van der Waals surface area (Å²) in [7, 11) is 0. The molecule has 0 bridgehead atoms. The largest absolute Gasteiger partial charge is 0.314 e. The summed E-state index contributed by atoms with van der Waals surface area (Å²) in [5.74, 6) is 0.497. The van der Waals surface area contributed by atoms with E-state index in [4.69, 9.17) is 0 Å². The predicted molar refractivity (Wildman–Crippen MR) is 89.6 cm³/mol. The number of nitrogens with zero attached hydrogens (tertiary/aromatic N) is 1. The molecule has 0 saturated carbocycles. The average molecular weight is 282 g/mol. The SMILES string of the molecule is CCNC(CCc1ccccc1C)C(C)c1ccncc1. The normalized spacial score (nSPS) is 13.9. The first-order valence-corrected chi connectivity index (χ1v) is 7.90. The van der Waals surface area contributed by atoms with Gasteiger partial charge in [0.2, 0.25) is 0 Å². The number of benzene rings is 1. The zero-order valence-corrected chi connectivity index (χ0v) is 13.3. The maximum Gasteiger partial charge on any atom is 0.0270 e. The van der Waals surface area contributed by atoms with Crippen LogP contribution in [0.5, 0.6) is 0 Å². The molecule has 112 valence electrons. The minimum absolute atomic E-state index is 0.497. The zero-order chi connectivity index (χ0) is 15.1. The van der Waals surface area contributed by atoms with Crippen LogP contribution in [0.25, 0.3) is 0 Å². The van der Waals surface area contributed by atoms with Gasteiger partial charge in [-0.15, -0.1) is 0 Å². The quantitative estimate of drug-likeness (QED) is 0.827. The Balaban J connectivity index is 2.04. The van der Waals surface area contributed by atoms with Gasteiger partial charge in [0.05, 0.1) is 0 Å². The first kappa shape index (κ1) is 15.7. The van der Waals surface area contributed by atoms with Crippen molar-refractivity contribution in [2.24, 2.45) is 0 Å². The van der Waals surface area contributed by atoms with E-state index in [1.165, 1.54) is 16.7 Å². The molecule has 1 heterocycles. The van der Waals surface area contributed by atoms with E-state index in [0.29, 0.717) is 12.0 Å². The third-order valence-corrected chi connectivity index (χ3v) is 4.29. The van der Waals surface area contributed by atoms with E-state index in [-0.39, 0.29) is 0 Å². The molecule has 0 aliphatic carbocycles. The lowest BCUT2D eigenvalue weighted by Crippen LogP contribution is -2.34. The Hall–Kier alpha value is -1.67. The van der Waals surface area contributed by atoms with E-state index in [1.54, 1.807) is 0 Å². The molecule has 0 fully saturated rings. The van der Waals surface area contributed by atoms with Crippen LogP contribution in [-0.4, -0.2) is 17.6 Å². The molecule has 2 rings (SSSR count). The average Bonchev–Trinajstić information content (AvgIpc) is 2.53. The summed E-state index contributed by atoms with van der Waals surface area (Å²) in [4.78, 5) is 4.12. The van der Waals surface area contributed by atoms with Gasteiger partial charge in [-0.2, -0.15) is 0 Å². The summed E-state index contributed by atoms with van der Waals surface area (Å²) in [6.07, 6.45) is 6.05. The number of rotatable bonds is 7. The second-order valence-electron chi connectivity index (χ2n) is 5.70. The number of pyridine rings is 1. The number of nitrogens with one attached hydrogen (secondary N) is 1. The molecule has 1 N–H and O–H groups in total. The fourth-order valence-electron chi connectivity index (χ4n) is 2.89. The minimum atomic E-state index is 0.497. The molecule has 0 spiro atoms. The fraction of sp³-hybridized carbons (Fsp3) is 0.421.